The normalized spacial score (nSPS) is 8.75. The first-order chi connectivity index (χ1) is 3.72. The van der Waals surface area contributed by atoms with Crippen molar-refractivity contribution in [2.75, 3.05) is 0 Å². The van der Waals surface area contributed by atoms with Crippen LogP contribution in [0, 0.1) is 9.81 Å². The highest BCUT2D eigenvalue weighted by Crippen LogP contribution is 1.91. The molecule has 5 heteroatoms. The van der Waals surface area contributed by atoms with Gasteiger partial charge in [0.2, 0.25) is 0 Å². The van der Waals surface area contributed by atoms with Gasteiger partial charge in [0, 0.05) is 0 Å². The van der Waals surface area contributed by atoms with Crippen molar-refractivity contribution in [1.82, 2.24) is 0 Å². The van der Waals surface area contributed by atoms with Crippen molar-refractivity contribution in [3.8, 4) is 0 Å². The van der Waals surface area contributed by atoms with Crippen LogP contribution < -0.4 is 0 Å². The SMILES string of the molecule is CC(=O)C(N=O)N=O. The van der Waals surface area contributed by atoms with Crippen LogP contribution in [0.2, 0.25) is 0 Å². The number of nitroso groups, excluding NO2 is 2. The summed E-state index contributed by atoms with van der Waals surface area (Å²) in [5.41, 5.74) is 0. The van der Waals surface area contributed by atoms with E-state index in [2.05, 4.69) is 10.4 Å². The van der Waals surface area contributed by atoms with Crippen LogP contribution in [0.5, 0.6) is 0 Å². The largest absolute Gasteiger partial charge is 0.295 e. The molecule has 44 valence electrons. The maximum atomic E-state index is 10.0. The Morgan fingerprint density at radius 1 is 1.38 bits per heavy atom. The van der Waals surface area contributed by atoms with E-state index in [4.69, 9.17) is 0 Å². The molecule has 0 aliphatic carbocycles. The Kier molecular flexibility index (Phi) is 2.53. The predicted molar refractivity (Wildman–Crippen MR) is 26.1 cm³/mol. The van der Waals surface area contributed by atoms with Crippen molar-refractivity contribution in [2.24, 2.45) is 10.4 Å². The van der Waals surface area contributed by atoms with Crippen LogP contribution in [-0.2, 0) is 4.79 Å². The van der Waals surface area contributed by atoms with Crippen molar-refractivity contribution < 1.29 is 4.79 Å². The monoisotopic (exact) mass is 116 g/mol. The van der Waals surface area contributed by atoms with E-state index in [-0.39, 0.29) is 0 Å². The molecule has 8 heavy (non-hydrogen) atoms. The zero-order valence-corrected chi connectivity index (χ0v) is 4.20. The highest BCUT2D eigenvalue weighted by atomic mass is 16.3. The van der Waals surface area contributed by atoms with Crippen LogP contribution in [0.15, 0.2) is 10.4 Å². The fourth-order valence-electron chi connectivity index (χ4n) is 0.168. The van der Waals surface area contributed by atoms with E-state index in [1.807, 2.05) is 0 Å². The summed E-state index contributed by atoms with van der Waals surface area (Å²) < 4.78 is 0. The summed E-state index contributed by atoms with van der Waals surface area (Å²) in [6, 6.07) is 0. The van der Waals surface area contributed by atoms with Crippen molar-refractivity contribution in [1.29, 1.82) is 0 Å². The molecule has 0 N–H and O–H groups in total. The average Bonchev–Trinajstić information content (AvgIpc) is 1.69. The maximum absolute atomic E-state index is 10.0. The van der Waals surface area contributed by atoms with Crippen molar-refractivity contribution in [2.45, 2.75) is 13.1 Å². The Morgan fingerprint density at radius 3 is 1.75 bits per heavy atom. The molecule has 0 unspecified atom stereocenters. The molecule has 0 heterocycles. The lowest BCUT2D eigenvalue weighted by Gasteiger charge is -1.86. The summed E-state index contributed by atoms with van der Waals surface area (Å²) in [4.78, 5) is 28.8. The molecule has 0 rings (SSSR count). The molecule has 0 saturated heterocycles. The van der Waals surface area contributed by atoms with Gasteiger partial charge in [0.05, 0.1) is 0 Å². The fourth-order valence-corrected chi connectivity index (χ4v) is 0.168. The highest BCUT2D eigenvalue weighted by molar-refractivity contribution is 5.81. The van der Waals surface area contributed by atoms with Gasteiger partial charge in [-0.3, -0.25) is 4.79 Å². The molecule has 0 aromatic rings. The first-order valence-corrected chi connectivity index (χ1v) is 1.87. The third kappa shape index (κ3) is 1.55. The van der Waals surface area contributed by atoms with E-state index in [1.165, 1.54) is 0 Å². The molecule has 0 fully saturated rings. The van der Waals surface area contributed by atoms with E-state index in [1.54, 1.807) is 0 Å². The molecule has 0 saturated carbocycles. The molecule has 0 atom stereocenters. The quantitative estimate of drug-likeness (QED) is 0.502. The lowest BCUT2D eigenvalue weighted by Crippen LogP contribution is -2.09. The summed E-state index contributed by atoms with van der Waals surface area (Å²) in [5.74, 6) is -0.630. The second-order valence-corrected chi connectivity index (χ2v) is 1.20. The Labute approximate surface area is 45.0 Å². The van der Waals surface area contributed by atoms with Crippen LogP contribution in [0.1, 0.15) is 6.92 Å². The molecule has 0 spiro atoms. The Hall–Kier alpha value is -1.13. The average molecular weight is 116 g/mol. The third-order valence-corrected chi connectivity index (χ3v) is 0.563. The second kappa shape index (κ2) is 2.95. The third-order valence-electron chi connectivity index (χ3n) is 0.563. The minimum atomic E-state index is -1.55. The number of carbonyl (C=O) groups is 1. The number of hydrogen-bond donors (Lipinski definition) is 0. The van der Waals surface area contributed by atoms with Gasteiger partial charge in [-0.2, -0.15) is 0 Å². The Morgan fingerprint density at radius 2 is 1.75 bits per heavy atom. The number of rotatable bonds is 3. The molecule has 0 aromatic carbocycles. The molecule has 0 bridgehead atoms. The number of nitrogens with zero attached hydrogens (tertiary/aromatic N) is 2. The summed E-state index contributed by atoms with van der Waals surface area (Å²) in [6.07, 6.45) is -1.55. The molecule has 5 nitrogen and oxygen atoms in total. The summed E-state index contributed by atoms with van der Waals surface area (Å²) in [6.45, 7) is 1.08. The summed E-state index contributed by atoms with van der Waals surface area (Å²) in [7, 11) is 0. The van der Waals surface area contributed by atoms with Gasteiger partial charge >= 0.3 is 0 Å². The van der Waals surface area contributed by atoms with Gasteiger partial charge in [0.1, 0.15) is 0 Å². The fraction of sp³-hybridized carbons (Fsp3) is 0.667. The van der Waals surface area contributed by atoms with Gasteiger partial charge < -0.3 is 0 Å². The topological polar surface area (TPSA) is 75.9 Å². The van der Waals surface area contributed by atoms with E-state index < -0.39 is 11.9 Å². The lowest BCUT2D eigenvalue weighted by molar-refractivity contribution is -0.118. The molecule has 0 aliphatic rings. The van der Waals surface area contributed by atoms with Gasteiger partial charge in [0.25, 0.3) is 6.17 Å². The van der Waals surface area contributed by atoms with Crippen LogP contribution in [0.25, 0.3) is 0 Å². The lowest BCUT2D eigenvalue weighted by atomic mass is 10.4. The zero-order chi connectivity index (χ0) is 6.57. The van der Waals surface area contributed by atoms with E-state index in [0.29, 0.717) is 0 Å². The van der Waals surface area contributed by atoms with E-state index in [9.17, 15) is 14.6 Å². The van der Waals surface area contributed by atoms with Gasteiger partial charge in [0.15, 0.2) is 5.78 Å². The minimum absolute atomic E-state index is 0.630. The number of carbonyl (C=O) groups excluding carboxylic acids is 1. The number of hydrogen-bond acceptors (Lipinski definition) is 5. The van der Waals surface area contributed by atoms with E-state index >= 15 is 0 Å². The summed E-state index contributed by atoms with van der Waals surface area (Å²) in [5, 5.41) is 4.25. The number of ketones is 1. The van der Waals surface area contributed by atoms with Gasteiger partial charge in [-0.25, -0.2) is 0 Å². The number of Topliss-reactive ketones (excluding diaryl/α,β-unsaturated/α-hetero) is 1. The Bertz CT molecular complexity index is 114. The predicted octanol–water partition coefficient (Wildman–Crippen LogP) is 0.434. The summed E-state index contributed by atoms with van der Waals surface area (Å²) >= 11 is 0. The van der Waals surface area contributed by atoms with Crippen molar-refractivity contribution >= 4 is 5.78 Å². The van der Waals surface area contributed by atoms with Crippen LogP contribution >= 0.6 is 0 Å². The van der Waals surface area contributed by atoms with Gasteiger partial charge in [-0.05, 0) is 17.3 Å². The van der Waals surface area contributed by atoms with Crippen LogP contribution in [0.3, 0.4) is 0 Å². The minimum Gasteiger partial charge on any atom is -0.295 e. The standard InChI is InChI=1S/C3H4N2O3/c1-2(6)3(4-7)5-8/h3H,1H3. The maximum Gasteiger partial charge on any atom is 0.279 e. The molecule has 0 aliphatic heterocycles. The molecular formula is C3H4N2O3. The molecular weight excluding hydrogens is 112 g/mol. The van der Waals surface area contributed by atoms with Crippen molar-refractivity contribution in [3.63, 3.8) is 0 Å². The first-order valence-electron chi connectivity index (χ1n) is 1.87. The second-order valence-electron chi connectivity index (χ2n) is 1.20. The Balaban J connectivity index is 3.88. The first kappa shape index (κ1) is 6.87. The van der Waals surface area contributed by atoms with Crippen LogP contribution in [-0.4, -0.2) is 11.9 Å². The van der Waals surface area contributed by atoms with Gasteiger partial charge in [-0.15, -0.1) is 9.81 Å². The highest BCUT2D eigenvalue weighted by Gasteiger charge is 2.12. The van der Waals surface area contributed by atoms with Gasteiger partial charge in [-0.1, -0.05) is 0 Å². The smallest absolute Gasteiger partial charge is 0.279 e. The zero-order valence-electron chi connectivity index (χ0n) is 4.20. The van der Waals surface area contributed by atoms with Crippen LogP contribution in [0.4, 0.5) is 0 Å². The molecule has 0 amide bonds. The molecule has 0 radical (unpaired) electrons. The molecule has 0 aromatic heterocycles. The van der Waals surface area contributed by atoms with E-state index in [0.717, 1.165) is 6.92 Å². The van der Waals surface area contributed by atoms with Crippen molar-refractivity contribution in [3.05, 3.63) is 9.81 Å².